The van der Waals surface area contributed by atoms with Gasteiger partial charge in [-0.15, -0.1) is 0 Å². The van der Waals surface area contributed by atoms with E-state index in [1.807, 2.05) is 0 Å². The Morgan fingerprint density at radius 3 is 2.55 bits per heavy atom. The Balaban J connectivity index is 2.32. The number of rotatable bonds is 6. The molecule has 0 fully saturated rings. The molecule has 0 atom stereocenters. The lowest BCUT2D eigenvalue weighted by molar-refractivity contribution is -0.153. The van der Waals surface area contributed by atoms with E-state index in [9.17, 15) is 22.8 Å². The normalized spacial score (nSPS) is 10.9. The molecular weight excluding hydrogens is 277 g/mol. The zero-order valence-electron chi connectivity index (χ0n) is 10.4. The van der Waals surface area contributed by atoms with Gasteiger partial charge in [0.2, 0.25) is 17.6 Å². The molecule has 5 nitrogen and oxygen atoms in total. The lowest BCUT2D eigenvalue weighted by Gasteiger charge is -2.04. The first-order valence-electron chi connectivity index (χ1n) is 5.66. The van der Waals surface area contributed by atoms with Crippen LogP contribution in [0, 0.1) is 0 Å². The minimum absolute atomic E-state index is 0.000743. The van der Waals surface area contributed by atoms with Gasteiger partial charge in [0, 0.05) is 13.0 Å². The van der Waals surface area contributed by atoms with Crippen LogP contribution in [0.4, 0.5) is 13.2 Å². The summed E-state index contributed by atoms with van der Waals surface area (Å²) in [7, 11) is 0. The van der Waals surface area contributed by atoms with Crippen molar-refractivity contribution in [2.45, 2.75) is 19.1 Å². The van der Waals surface area contributed by atoms with Crippen LogP contribution in [0.1, 0.15) is 17.9 Å². The van der Waals surface area contributed by atoms with Crippen LogP contribution in [0.3, 0.4) is 0 Å². The molecule has 1 rings (SSSR count). The second-order valence-electron chi connectivity index (χ2n) is 3.79. The SMILES string of the molecule is C=CC(=O)NCCC(=O)NCc1ccc(C(F)(F)F)o1. The summed E-state index contributed by atoms with van der Waals surface area (Å²) in [6.45, 7) is 3.20. The number of amides is 2. The Hall–Kier alpha value is -2.25. The van der Waals surface area contributed by atoms with Crippen molar-refractivity contribution in [2.75, 3.05) is 6.54 Å². The molecule has 0 spiro atoms. The third kappa shape index (κ3) is 5.17. The van der Waals surface area contributed by atoms with Crippen LogP contribution in [0.2, 0.25) is 0 Å². The third-order valence-corrected chi connectivity index (χ3v) is 2.24. The second-order valence-corrected chi connectivity index (χ2v) is 3.79. The molecule has 1 aromatic heterocycles. The highest BCUT2D eigenvalue weighted by Gasteiger charge is 2.34. The van der Waals surface area contributed by atoms with E-state index in [1.54, 1.807) is 0 Å². The summed E-state index contributed by atoms with van der Waals surface area (Å²) < 4.78 is 41.3. The van der Waals surface area contributed by atoms with E-state index in [0.29, 0.717) is 0 Å². The van der Waals surface area contributed by atoms with Crippen molar-refractivity contribution >= 4 is 11.8 Å². The van der Waals surface area contributed by atoms with E-state index < -0.39 is 23.8 Å². The van der Waals surface area contributed by atoms with Crippen molar-refractivity contribution in [3.63, 3.8) is 0 Å². The van der Waals surface area contributed by atoms with Crippen LogP contribution in [0.15, 0.2) is 29.2 Å². The van der Waals surface area contributed by atoms with E-state index in [4.69, 9.17) is 0 Å². The molecule has 0 bridgehead atoms. The van der Waals surface area contributed by atoms with E-state index in [1.165, 1.54) is 0 Å². The Morgan fingerprint density at radius 1 is 1.30 bits per heavy atom. The van der Waals surface area contributed by atoms with Crippen molar-refractivity contribution in [2.24, 2.45) is 0 Å². The number of alkyl halides is 3. The molecule has 0 aliphatic rings. The number of carbonyl (C=O) groups excluding carboxylic acids is 2. The average molecular weight is 290 g/mol. The number of halogens is 3. The molecule has 2 N–H and O–H groups in total. The average Bonchev–Trinajstić information content (AvgIpc) is 2.84. The van der Waals surface area contributed by atoms with Crippen molar-refractivity contribution in [1.29, 1.82) is 0 Å². The van der Waals surface area contributed by atoms with Crippen LogP contribution < -0.4 is 10.6 Å². The van der Waals surface area contributed by atoms with Gasteiger partial charge in [-0.3, -0.25) is 9.59 Å². The highest BCUT2D eigenvalue weighted by atomic mass is 19.4. The maximum atomic E-state index is 12.2. The second kappa shape index (κ2) is 6.78. The summed E-state index contributed by atoms with van der Waals surface area (Å²) in [6, 6.07) is 1.94. The van der Waals surface area contributed by atoms with E-state index >= 15 is 0 Å². The maximum Gasteiger partial charge on any atom is 0.449 e. The Labute approximate surface area is 112 Å². The van der Waals surface area contributed by atoms with Gasteiger partial charge >= 0.3 is 6.18 Å². The molecule has 110 valence electrons. The first kappa shape index (κ1) is 15.8. The monoisotopic (exact) mass is 290 g/mol. The van der Waals surface area contributed by atoms with Gasteiger partial charge in [0.15, 0.2) is 0 Å². The smallest absolute Gasteiger partial charge is 0.449 e. The molecule has 0 radical (unpaired) electrons. The summed E-state index contributed by atoms with van der Waals surface area (Å²) in [5.41, 5.74) is 0. The maximum absolute atomic E-state index is 12.2. The number of nitrogens with one attached hydrogen (secondary N) is 2. The molecule has 8 heteroatoms. The highest BCUT2D eigenvalue weighted by Crippen LogP contribution is 2.30. The van der Waals surface area contributed by atoms with Crippen LogP contribution in [0.25, 0.3) is 0 Å². The van der Waals surface area contributed by atoms with Gasteiger partial charge in [-0.05, 0) is 18.2 Å². The Kier molecular flexibility index (Phi) is 5.36. The van der Waals surface area contributed by atoms with E-state index in [2.05, 4.69) is 21.6 Å². The van der Waals surface area contributed by atoms with Crippen molar-refractivity contribution < 1.29 is 27.2 Å². The van der Waals surface area contributed by atoms with Crippen molar-refractivity contribution in [3.8, 4) is 0 Å². The molecule has 0 saturated carbocycles. The van der Waals surface area contributed by atoms with Gasteiger partial charge in [-0.2, -0.15) is 13.2 Å². The lowest BCUT2D eigenvalue weighted by Crippen LogP contribution is -2.29. The topological polar surface area (TPSA) is 71.3 Å². The van der Waals surface area contributed by atoms with Gasteiger partial charge < -0.3 is 15.1 Å². The van der Waals surface area contributed by atoms with Gasteiger partial charge in [-0.25, -0.2) is 0 Å². The van der Waals surface area contributed by atoms with Crippen molar-refractivity contribution in [1.82, 2.24) is 10.6 Å². The first-order chi connectivity index (χ1) is 9.32. The largest absolute Gasteiger partial charge is 0.455 e. The van der Waals surface area contributed by atoms with Crippen LogP contribution in [-0.4, -0.2) is 18.4 Å². The van der Waals surface area contributed by atoms with Gasteiger partial charge in [0.25, 0.3) is 0 Å². The van der Waals surface area contributed by atoms with Crippen molar-refractivity contribution in [3.05, 3.63) is 36.3 Å². The lowest BCUT2D eigenvalue weighted by atomic mass is 10.3. The minimum atomic E-state index is -4.54. The summed E-state index contributed by atoms with van der Waals surface area (Å²) >= 11 is 0. The fourth-order valence-corrected chi connectivity index (χ4v) is 1.27. The Bertz CT molecular complexity index is 494. The number of furan rings is 1. The van der Waals surface area contributed by atoms with Gasteiger partial charge in [0.1, 0.15) is 5.76 Å². The number of hydrogen-bond acceptors (Lipinski definition) is 3. The molecule has 2 amide bonds. The summed E-state index contributed by atoms with van der Waals surface area (Å²) in [4.78, 5) is 22.1. The Morgan fingerprint density at radius 2 is 2.00 bits per heavy atom. The molecule has 0 aliphatic carbocycles. The van der Waals surface area contributed by atoms with Crippen LogP contribution in [-0.2, 0) is 22.3 Å². The third-order valence-electron chi connectivity index (χ3n) is 2.24. The molecule has 1 aromatic rings. The molecule has 20 heavy (non-hydrogen) atoms. The van der Waals surface area contributed by atoms with E-state index in [0.717, 1.165) is 18.2 Å². The number of hydrogen-bond donors (Lipinski definition) is 2. The quantitative estimate of drug-likeness (QED) is 0.782. The first-order valence-corrected chi connectivity index (χ1v) is 5.66. The molecular formula is C12H13F3N2O3. The minimum Gasteiger partial charge on any atom is -0.455 e. The predicted octanol–water partition coefficient (Wildman–Crippen LogP) is 1.61. The molecule has 0 aromatic carbocycles. The molecule has 0 saturated heterocycles. The highest BCUT2D eigenvalue weighted by molar-refractivity contribution is 5.87. The number of carbonyl (C=O) groups is 2. The van der Waals surface area contributed by atoms with Gasteiger partial charge in [0.05, 0.1) is 6.54 Å². The molecule has 0 aliphatic heterocycles. The molecule has 0 unspecified atom stereocenters. The summed E-state index contributed by atoms with van der Waals surface area (Å²) in [5.74, 6) is -1.93. The zero-order chi connectivity index (χ0) is 15.2. The standard InChI is InChI=1S/C12H13F3N2O3/c1-2-10(18)16-6-5-11(19)17-7-8-3-4-9(20-8)12(13,14)15/h2-4H,1,5-7H2,(H,16,18)(H,17,19). The predicted molar refractivity (Wildman–Crippen MR) is 63.4 cm³/mol. The van der Waals surface area contributed by atoms with Crippen LogP contribution in [0.5, 0.6) is 0 Å². The zero-order valence-corrected chi connectivity index (χ0v) is 10.4. The van der Waals surface area contributed by atoms with Crippen LogP contribution >= 0.6 is 0 Å². The van der Waals surface area contributed by atoms with E-state index in [-0.39, 0.29) is 25.3 Å². The molecule has 1 heterocycles. The fraction of sp³-hybridized carbons (Fsp3) is 0.333. The summed E-state index contributed by atoms with van der Waals surface area (Å²) in [5, 5.41) is 4.77. The summed E-state index contributed by atoms with van der Waals surface area (Å²) in [6.07, 6.45) is -3.47. The fourth-order valence-electron chi connectivity index (χ4n) is 1.27. The van der Waals surface area contributed by atoms with Gasteiger partial charge in [-0.1, -0.05) is 6.58 Å².